The lowest BCUT2D eigenvalue weighted by Crippen LogP contribution is -2.18. The Kier molecular flexibility index (Phi) is 4.12. The monoisotopic (exact) mass is 277 g/mol. The van der Waals surface area contributed by atoms with Crippen molar-refractivity contribution >= 4 is 23.1 Å². The van der Waals surface area contributed by atoms with E-state index in [1.54, 1.807) is 19.2 Å². The second-order valence-corrected chi connectivity index (χ2v) is 4.60. The second kappa shape index (κ2) is 5.80. The summed E-state index contributed by atoms with van der Waals surface area (Å²) in [5.41, 5.74) is 7.41. The maximum atomic E-state index is 6.13. The van der Waals surface area contributed by atoms with Gasteiger partial charge in [-0.25, -0.2) is 4.98 Å². The smallest absolute Gasteiger partial charge is 0.142 e. The summed E-state index contributed by atoms with van der Waals surface area (Å²) in [6.45, 7) is 0.560. The Hall–Kier alpha value is -1.94. The zero-order chi connectivity index (χ0) is 13.8. The zero-order valence-electron chi connectivity index (χ0n) is 10.9. The molecular formula is C14H16ClN3O. The van der Waals surface area contributed by atoms with Crippen LogP contribution in [0.25, 0.3) is 0 Å². The van der Waals surface area contributed by atoms with Gasteiger partial charge in [0.15, 0.2) is 0 Å². The number of rotatable bonds is 4. The van der Waals surface area contributed by atoms with Gasteiger partial charge in [-0.3, -0.25) is 0 Å². The average molecular weight is 278 g/mol. The SMILES string of the molecule is COc1ccccc1N(C)Cc1nc(N)ccc1Cl. The lowest BCUT2D eigenvalue weighted by atomic mass is 10.2. The third kappa shape index (κ3) is 3.09. The number of nitrogen functional groups attached to an aromatic ring is 1. The molecule has 0 saturated carbocycles. The molecule has 4 nitrogen and oxygen atoms in total. The Balaban J connectivity index is 2.25. The summed E-state index contributed by atoms with van der Waals surface area (Å²) in [5.74, 6) is 1.28. The van der Waals surface area contributed by atoms with E-state index in [0.29, 0.717) is 17.4 Å². The fourth-order valence-electron chi connectivity index (χ4n) is 1.87. The fraction of sp³-hybridized carbons (Fsp3) is 0.214. The molecule has 0 aliphatic rings. The molecule has 0 saturated heterocycles. The molecule has 0 amide bonds. The van der Waals surface area contributed by atoms with Crippen LogP contribution < -0.4 is 15.4 Å². The van der Waals surface area contributed by atoms with E-state index in [1.165, 1.54) is 0 Å². The molecule has 5 heteroatoms. The highest BCUT2D eigenvalue weighted by Gasteiger charge is 2.11. The molecule has 1 aromatic heterocycles. The largest absolute Gasteiger partial charge is 0.495 e. The van der Waals surface area contributed by atoms with Gasteiger partial charge in [-0.2, -0.15) is 0 Å². The van der Waals surface area contributed by atoms with Crippen molar-refractivity contribution in [2.75, 3.05) is 24.8 Å². The molecule has 0 bridgehead atoms. The van der Waals surface area contributed by atoms with Gasteiger partial charge >= 0.3 is 0 Å². The summed E-state index contributed by atoms with van der Waals surface area (Å²) in [4.78, 5) is 6.28. The molecule has 1 aromatic carbocycles. The van der Waals surface area contributed by atoms with E-state index >= 15 is 0 Å². The van der Waals surface area contributed by atoms with Crippen molar-refractivity contribution in [2.45, 2.75) is 6.54 Å². The lowest BCUT2D eigenvalue weighted by Gasteiger charge is -2.21. The molecule has 1 heterocycles. The molecule has 100 valence electrons. The fourth-order valence-corrected chi connectivity index (χ4v) is 2.03. The van der Waals surface area contributed by atoms with Crippen LogP contribution in [0.1, 0.15) is 5.69 Å². The van der Waals surface area contributed by atoms with Gasteiger partial charge in [-0.1, -0.05) is 23.7 Å². The van der Waals surface area contributed by atoms with E-state index in [1.807, 2.05) is 36.2 Å². The minimum atomic E-state index is 0.466. The molecule has 0 atom stereocenters. The molecular weight excluding hydrogens is 262 g/mol. The van der Waals surface area contributed by atoms with Crippen LogP contribution in [0.4, 0.5) is 11.5 Å². The first-order valence-electron chi connectivity index (χ1n) is 5.87. The van der Waals surface area contributed by atoms with Gasteiger partial charge in [0.05, 0.1) is 30.1 Å². The van der Waals surface area contributed by atoms with Gasteiger partial charge in [-0.05, 0) is 24.3 Å². The normalized spacial score (nSPS) is 10.3. The van der Waals surface area contributed by atoms with Crippen LogP contribution in [0, 0.1) is 0 Å². The first kappa shape index (κ1) is 13.5. The van der Waals surface area contributed by atoms with Gasteiger partial charge in [0.2, 0.25) is 0 Å². The number of aromatic nitrogens is 1. The highest BCUT2D eigenvalue weighted by atomic mass is 35.5. The quantitative estimate of drug-likeness (QED) is 0.933. The highest BCUT2D eigenvalue weighted by molar-refractivity contribution is 6.31. The average Bonchev–Trinajstić information content (AvgIpc) is 2.42. The molecule has 0 spiro atoms. The molecule has 2 N–H and O–H groups in total. The number of nitrogens with two attached hydrogens (primary N) is 1. The summed E-state index contributed by atoms with van der Waals surface area (Å²) < 4.78 is 5.34. The number of halogens is 1. The minimum absolute atomic E-state index is 0.466. The molecule has 0 aliphatic carbocycles. The standard InChI is InChI=1S/C14H16ClN3O/c1-18(12-5-3-4-6-13(12)19-2)9-11-10(15)7-8-14(16)17-11/h3-8H,9H2,1-2H3,(H2,16,17). The highest BCUT2D eigenvalue weighted by Crippen LogP contribution is 2.28. The summed E-state index contributed by atoms with van der Waals surface area (Å²) in [7, 11) is 3.61. The number of hydrogen-bond donors (Lipinski definition) is 1. The summed E-state index contributed by atoms with van der Waals surface area (Å²) in [5, 5.41) is 0.607. The van der Waals surface area contributed by atoms with Crippen LogP contribution >= 0.6 is 11.6 Å². The van der Waals surface area contributed by atoms with Crippen LogP contribution in [0.2, 0.25) is 5.02 Å². The Morgan fingerprint density at radius 2 is 2.00 bits per heavy atom. The van der Waals surface area contributed by atoms with E-state index in [0.717, 1.165) is 17.1 Å². The lowest BCUT2D eigenvalue weighted by molar-refractivity contribution is 0.414. The molecule has 19 heavy (non-hydrogen) atoms. The molecule has 2 rings (SSSR count). The molecule has 0 unspecified atom stereocenters. The summed E-state index contributed by atoms with van der Waals surface area (Å²) >= 11 is 6.13. The van der Waals surface area contributed by atoms with Gasteiger partial charge in [-0.15, -0.1) is 0 Å². The Morgan fingerprint density at radius 1 is 1.26 bits per heavy atom. The van der Waals surface area contributed by atoms with E-state index in [2.05, 4.69) is 4.98 Å². The number of hydrogen-bond acceptors (Lipinski definition) is 4. The second-order valence-electron chi connectivity index (χ2n) is 4.19. The Morgan fingerprint density at radius 3 is 2.74 bits per heavy atom. The van der Waals surface area contributed by atoms with Crippen LogP contribution in [0.3, 0.4) is 0 Å². The first-order valence-corrected chi connectivity index (χ1v) is 6.24. The first-order chi connectivity index (χ1) is 9.11. The Bertz CT molecular complexity index is 574. The van der Waals surface area contributed by atoms with Crippen LogP contribution in [-0.4, -0.2) is 19.1 Å². The maximum absolute atomic E-state index is 6.13. The van der Waals surface area contributed by atoms with E-state index in [-0.39, 0.29) is 0 Å². The maximum Gasteiger partial charge on any atom is 0.142 e. The molecule has 2 aromatic rings. The van der Waals surface area contributed by atoms with Crippen molar-refractivity contribution < 1.29 is 4.74 Å². The zero-order valence-corrected chi connectivity index (χ0v) is 11.7. The van der Waals surface area contributed by atoms with Crippen LogP contribution in [0.5, 0.6) is 5.75 Å². The predicted molar refractivity (Wildman–Crippen MR) is 78.8 cm³/mol. The van der Waals surface area contributed by atoms with Gasteiger partial charge in [0, 0.05) is 7.05 Å². The van der Waals surface area contributed by atoms with Crippen LogP contribution in [-0.2, 0) is 6.54 Å². The Labute approximate surface area is 117 Å². The van der Waals surface area contributed by atoms with Crippen molar-refractivity contribution in [1.29, 1.82) is 0 Å². The summed E-state index contributed by atoms with van der Waals surface area (Å²) in [6, 6.07) is 11.2. The molecule has 0 aliphatic heterocycles. The van der Waals surface area contributed by atoms with Gasteiger partial charge in [0.25, 0.3) is 0 Å². The van der Waals surface area contributed by atoms with Gasteiger partial charge < -0.3 is 15.4 Å². The van der Waals surface area contributed by atoms with Gasteiger partial charge in [0.1, 0.15) is 11.6 Å². The third-order valence-electron chi connectivity index (χ3n) is 2.82. The number of anilines is 2. The van der Waals surface area contributed by atoms with Crippen molar-refractivity contribution in [2.24, 2.45) is 0 Å². The third-order valence-corrected chi connectivity index (χ3v) is 3.17. The summed E-state index contributed by atoms with van der Waals surface area (Å²) in [6.07, 6.45) is 0. The number of benzene rings is 1. The molecule has 0 radical (unpaired) electrons. The van der Waals surface area contributed by atoms with Crippen molar-refractivity contribution in [3.8, 4) is 5.75 Å². The van der Waals surface area contributed by atoms with E-state index in [4.69, 9.17) is 22.1 Å². The number of ether oxygens (including phenoxy) is 1. The molecule has 0 fully saturated rings. The van der Waals surface area contributed by atoms with E-state index < -0.39 is 0 Å². The van der Waals surface area contributed by atoms with Crippen molar-refractivity contribution in [1.82, 2.24) is 4.98 Å². The number of para-hydroxylation sites is 2. The predicted octanol–water partition coefficient (Wildman–Crippen LogP) is 2.96. The number of methoxy groups -OCH3 is 1. The van der Waals surface area contributed by atoms with Crippen molar-refractivity contribution in [3.05, 3.63) is 47.1 Å². The van der Waals surface area contributed by atoms with Crippen LogP contribution in [0.15, 0.2) is 36.4 Å². The van der Waals surface area contributed by atoms with Crippen molar-refractivity contribution in [3.63, 3.8) is 0 Å². The topological polar surface area (TPSA) is 51.4 Å². The minimum Gasteiger partial charge on any atom is -0.495 e. The number of pyridine rings is 1. The number of nitrogens with zero attached hydrogens (tertiary/aromatic N) is 2. The van der Waals surface area contributed by atoms with E-state index in [9.17, 15) is 0 Å².